The van der Waals surface area contributed by atoms with Crippen molar-refractivity contribution in [2.75, 3.05) is 31.5 Å². The van der Waals surface area contributed by atoms with Crippen LogP contribution in [-0.4, -0.2) is 80.2 Å². The smallest absolute Gasteiger partial charge is 0.322 e. The summed E-state index contributed by atoms with van der Waals surface area (Å²) in [5.74, 6) is 0.660. The van der Waals surface area contributed by atoms with Crippen LogP contribution < -0.4 is 5.32 Å². The standard InChI is InChI=1S/C34H42N6O3S/c1-22-17-25(18-26-20-35-37-31(22)26)33-40(21-23-7-3-2-4-8-23)32(42)29(44-33)19-30(41)38-14-12-27(13-15-38)39-16-11-24-9-5-6-10-28(24)36-34(39)43/h5-6,9-10,17-18,20,23,27,29,33H,2-4,7-8,11-16,19,21H2,1H3,(H,35,37)(H,36,43). The van der Waals surface area contributed by atoms with E-state index < -0.39 is 0 Å². The third-order valence-corrected chi connectivity index (χ3v) is 11.6. The van der Waals surface area contributed by atoms with Crippen LogP contribution in [0, 0.1) is 12.8 Å². The van der Waals surface area contributed by atoms with Crippen molar-refractivity contribution >= 4 is 46.2 Å². The number of aromatic amines is 1. The Labute approximate surface area is 263 Å². The number of amides is 4. The molecule has 4 heterocycles. The first kappa shape index (κ1) is 29.2. The fraction of sp³-hybridized carbons (Fsp3) is 0.529. The molecule has 2 unspecified atom stereocenters. The number of nitrogens with zero attached hydrogens (tertiary/aromatic N) is 4. The number of urea groups is 1. The second-order valence-electron chi connectivity index (χ2n) is 13.0. The fourth-order valence-corrected chi connectivity index (χ4v) is 9.11. The Balaban J connectivity index is 1.01. The fourth-order valence-electron chi connectivity index (χ4n) is 7.67. The van der Waals surface area contributed by atoms with Crippen molar-refractivity contribution in [2.24, 2.45) is 5.92 Å². The van der Waals surface area contributed by atoms with E-state index in [1.807, 2.05) is 34.2 Å². The van der Waals surface area contributed by atoms with E-state index in [0.717, 1.165) is 59.1 Å². The van der Waals surface area contributed by atoms with Gasteiger partial charge in [0, 0.05) is 49.7 Å². The number of rotatable bonds is 6. The quantitative estimate of drug-likeness (QED) is 0.362. The maximum Gasteiger partial charge on any atom is 0.322 e. The zero-order valence-corrected chi connectivity index (χ0v) is 26.3. The first-order chi connectivity index (χ1) is 21.4. The Bertz CT molecular complexity index is 1540. The van der Waals surface area contributed by atoms with Crippen molar-refractivity contribution in [3.05, 3.63) is 59.3 Å². The number of likely N-dealkylation sites (tertiary alicyclic amines) is 1. The number of hydrogen-bond donors (Lipinski definition) is 2. The lowest BCUT2D eigenvalue weighted by Crippen LogP contribution is -2.50. The zero-order chi connectivity index (χ0) is 30.2. The number of anilines is 1. The minimum absolute atomic E-state index is 0.0433. The molecule has 10 heteroatoms. The highest BCUT2D eigenvalue weighted by Crippen LogP contribution is 2.46. The van der Waals surface area contributed by atoms with E-state index in [4.69, 9.17) is 0 Å². The van der Waals surface area contributed by atoms with Crippen LogP contribution in [0.1, 0.15) is 73.4 Å². The van der Waals surface area contributed by atoms with E-state index in [1.165, 1.54) is 32.1 Å². The van der Waals surface area contributed by atoms with Crippen molar-refractivity contribution in [3.63, 3.8) is 0 Å². The minimum atomic E-state index is -0.385. The van der Waals surface area contributed by atoms with Crippen LogP contribution in [-0.2, 0) is 16.0 Å². The molecule has 2 atom stereocenters. The molecule has 0 bridgehead atoms. The summed E-state index contributed by atoms with van der Waals surface area (Å²) in [6.07, 6.45) is 10.5. The molecule has 7 rings (SSSR count). The van der Waals surface area contributed by atoms with Gasteiger partial charge in [-0.05, 0) is 73.8 Å². The van der Waals surface area contributed by atoms with Gasteiger partial charge in [-0.25, -0.2) is 4.79 Å². The molecule has 44 heavy (non-hydrogen) atoms. The van der Waals surface area contributed by atoms with E-state index in [0.29, 0.717) is 25.6 Å². The Morgan fingerprint density at radius 3 is 2.64 bits per heavy atom. The summed E-state index contributed by atoms with van der Waals surface area (Å²) in [6.45, 7) is 4.73. The molecule has 2 N–H and O–H groups in total. The number of carbonyl (C=O) groups is 3. The van der Waals surface area contributed by atoms with Crippen molar-refractivity contribution in [1.82, 2.24) is 24.9 Å². The van der Waals surface area contributed by atoms with Gasteiger partial charge in [0.1, 0.15) is 5.37 Å². The molecule has 3 aromatic rings. The molecule has 2 aromatic carbocycles. The van der Waals surface area contributed by atoms with Crippen molar-refractivity contribution in [3.8, 4) is 0 Å². The molecule has 4 aliphatic rings. The number of benzene rings is 2. The number of H-pyrrole nitrogens is 1. The van der Waals surface area contributed by atoms with Crippen LogP contribution in [0.15, 0.2) is 42.6 Å². The molecule has 9 nitrogen and oxygen atoms in total. The first-order valence-corrected chi connectivity index (χ1v) is 17.2. The maximum absolute atomic E-state index is 14.0. The lowest BCUT2D eigenvalue weighted by atomic mass is 9.88. The molecule has 232 valence electrons. The van der Waals surface area contributed by atoms with Gasteiger partial charge in [0.25, 0.3) is 0 Å². The molecule has 1 saturated carbocycles. The van der Waals surface area contributed by atoms with Crippen LogP contribution >= 0.6 is 11.8 Å². The number of piperidine rings is 1. The van der Waals surface area contributed by atoms with Crippen molar-refractivity contribution in [1.29, 1.82) is 0 Å². The van der Waals surface area contributed by atoms with Crippen LogP contribution in [0.4, 0.5) is 10.5 Å². The monoisotopic (exact) mass is 614 g/mol. The van der Waals surface area contributed by atoms with Crippen molar-refractivity contribution in [2.45, 2.75) is 81.4 Å². The van der Waals surface area contributed by atoms with Gasteiger partial charge in [0.2, 0.25) is 11.8 Å². The van der Waals surface area contributed by atoms with Gasteiger partial charge in [-0.1, -0.05) is 43.5 Å². The summed E-state index contributed by atoms with van der Waals surface area (Å²) in [5.41, 5.74) is 5.30. The molecule has 3 fully saturated rings. The van der Waals surface area contributed by atoms with E-state index in [1.54, 1.807) is 11.8 Å². The maximum atomic E-state index is 14.0. The normalized spacial score (nSPS) is 23.6. The minimum Gasteiger partial charge on any atom is -0.342 e. The number of hydrogen-bond acceptors (Lipinski definition) is 5. The van der Waals surface area contributed by atoms with Crippen LogP contribution in [0.25, 0.3) is 10.9 Å². The molecule has 1 aliphatic carbocycles. The van der Waals surface area contributed by atoms with Crippen LogP contribution in [0.3, 0.4) is 0 Å². The predicted octanol–water partition coefficient (Wildman–Crippen LogP) is 5.87. The van der Waals surface area contributed by atoms with Crippen molar-refractivity contribution < 1.29 is 14.4 Å². The highest BCUT2D eigenvalue weighted by molar-refractivity contribution is 8.01. The number of thioether (sulfide) groups is 1. The summed E-state index contributed by atoms with van der Waals surface area (Å²) in [6, 6.07) is 12.4. The largest absolute Gasteiger partial charge is 0.342 e. The van der Waals surface area contributed by atoms with E-state index in [-0.39, 0.29) is 40.9 Å². The second-order valence-corrected chi connectivity index (χ2v) is 14.3. The third-order valence-electron chi connectivity index (χ3n) is 10.1. The number of nitrogens with one attached hydrogen (secondary N) is 2. The second kappa shape index (κ2) is 12.5. The third kappa shape index (κ3) is 5.80. The zero-order valence-electron chi connectivity index (χ0n) is 25.5. The molecule has 2 saturated heterocycles. The number of fused-ring (bicyclic) bond motifs is 2. The average molecular weight is 615 g/mol. The lowest BCUT2D eigenvalue weighted by molar-refractivity contribution is -0.137. The summed E-state index contributed by atoms with van der Waals surface area (Å²) in [5, 5.41) is 11.0. The molecule has 0 radical (unpaired) electrons. The van der Waals surface area contributed by atoms with E-state index in [2.05, 4.69) is 45.5 Å². The van der Waals surface area contributed by atoms with Gasteiger partial charge < -0.3 is 20.0 Å². The summed E-state index contributed by atoms with van der Waals surface area (Å²) < 4.78 is 0. The van der Waals surface area contributed by atoms with Gasteiger partial charge in [-0.15, -0.1) is 11.8 Å². The van der Waals surface area contributed by atoms with Gasteiger partial charge >= 0.3 is 6.03 Å². The molecule has 1 aromatic heterocycles. The summed E-state index contributed by atoms with van der Waals surface area (Å²) in [4.78, 5) is 46.6. The highest BCUT2D eigenvalue weighted by Gasteiger charge is 2.44. The first-order valence-electron chi connectivity index (χ1n) is 16.3. The number of aryl methyl sites for hydroxylation is 1. The lowest BCUT2D eigenvalue weighted by Gasteiger charge is -2.38. The predicted molar refractivity (Wildman–Crippen MR) is 173 cm³/mol. The summed E-state index contributed by atoms with van der Waals surface area (Å²) in [7, 11) is 0. The molecular formula is C34H42N6O3S. The molecule has 0 spiro atoms. The van der Waals surface area contributed by atoms with Gasteiger partial charge in [0.15, 0.2) is 0 Å². The SMILES string of the molecule is Cc1cc(C2SC(CC(=O)N3CCC(N4CCc5ccccc5NC4=O)CC3)C(=O)N2CC2CCCCC2)cc2cn[nH]c12. The number of aromatic nitrogens is 2. The Morgan fingerprint density at radius 1 is 1.02 bits per heavy atom. The summed E-state index contributed by atoms with van der Waals surface area (Å²) >= 11 is 1.64. The highest BCUT2D eigenvalue weighted by atomic mass is 32.2. The topological polar surface area (TPSA) is 102 Å². The Morgan fingerprint density at radius 2 is 1.82 bits per heavy atom. The molecule has 4 amide bonds. The Hall–Kier alpha value is -3.53. The average Bonchev–Trinajstić information content (AvgIpc) is 3.59. The Kier molecular flexibility index (Phi) is 8.27. The molecule has 3 aliphatic heterocycles. The van der Waals surface area contributed by atoms with E-state index >= 15 is 0 Å². The van der Waals surface area contributed by atoms with Gasteiger partial charge in [-0.3, -0.25) is 14.7 Å². The van der Waals surface area contributed by atoms with Gasteiger partial charge in [-0.2, -0.15) is 5.10 Å². The van der Waals surface area contributed by atoms with E-state index in [9.17, 15) is 14.4 Å². The van der Waals surface area contributed by atoms with Gasteiger partial charge in [0.05, 0.1) is 17.0 Å². The molecular weight excluding hydrogens is 572 g/mol. The van der Waals surface area contributed by atoms with Crippen LogP contribution in [0.5, 0.6) is 0 Å². The number of carbonyl (C=O) groups excluding carboxylic acids is 3. The number of para-hydroxylation sites is 1. The van der Waals surface area contributed by atoms with Crippen LogP contribution in [0.2, 0.25) is 0 Å².